The number of para-hydroxylation sites is 1. The summed E-state index contributed by atoms with van der Waals surface area (Å²) in [7, 11) is 2.10. The average Bonchev–Trinajstić information content (AvgIpc) is 2.62. The molecule has 98 valence electrons. The Morgan fingerprint density at radius 3 is 2.72 bits per heavy atom. The summed E-state index contributed by atoms with van der Waals surface area (Å²) < 4.78 is 2.19. The van der Waals surface area contributed by atoms with Crippen LogP contribution < -0.4 is 11.1 Å². The van der Waals surface area contributed by atoms with Gasteiger partial charge < -0.3 is 15.6 Å². The fourth-order valence-electron chi connectivity index (χ4n) is 2.26. The van der Waals surface area contributed by atoms with Crippen molar-refractivity contribution in [3.63, 3.8) is 0 Å². The highest BCUT2D eigenvalue weighted by molar-refractivity contribution is 5.83. The van der Waals surface area contributed by atoms with Gasteiger partial charge in [0.1, 0.15) is 0 Å². The number of hydrogen-bond donors (Lipinski definition) is 2. The Bertz CT molecular complexity index is 520. The van der Waals surface area contributed by atoms with Crippen molar-refractivity contribution in [2.45, 2.75) is 25.8 Å². The van der Waals surface area contributed by atoms with Crippen molar-refractivity contribution in [2.24, 2.45) is 12.8 Å². The molecule has 0 atom stereocenters. The molecule has 0 aliphatic heterocycles. The number of aromatic nitrogens is 1. The van der Waals surface area contributed by atoms with Gasteiger partial charge in [0.25, 0.3) is 0 Å². The molecule has 2 rings (SSSR count). The number of benzene rings is 1. The number of aryl methyl sites for hydroxylation is 1. The van der Waals surface area contributed by atoms with Crippen LogP contribution in [-0.4, -0.2) is 23.2 Å². The number of nitrogens with one attached hydrogen (secondary N) is 1. The van der Waals surface area contributed by atoms with Crippen LogP contribution in [0, 0.1) is 0 Å². The standard InChI is InChI=1S/C15H23N3/c1-15(2,16)11-17-9-8-12-10-18(3)14-7-5-4-6-13(12)14/h4-7,10,17H,8-9,11,16H2,1-3H3. The predicted molar refractivity (Wildman–Crippen MR) is 77.8 cm³/mol. The second-order valence-corrected chi connectivity index (χ2v) is 5.70. The number of rotatable bonds is 5. The maximum Gasteiger partial charge on any atom is 0.0480 e. The first kappa shape index (κ1) is 13.1. The van der Waals surface area contributed by atoms with E-state index in [1.807, 2.05) is 13.8 Å². The van der Waals surface area contributed by atoms with Crippen LogP contribution in [0.3, 0.4) is 0 Å². The lowest BCUT2D eigenvalue weighted by Crippen LogP contribution is -2.43. The summed E-state index contributed by atoms with van der Waals surface area (Å²) in [5.41, 5.74) is 8.50. The highest BCUT2D eigenvalue weighted by Gasteiger charge is 2.10. The summed E-state index contributed by atoms with van der Waals surface area (Å²) in [6, 6.07) is 8.54. The van der Waals surface area contributed by atoms with E-state index in [0.29, 0.717) is 0 Å². The van der Waals surface area contributed by atoms with Crippen molar-refractivity contribution in [1.29, 1.82) is 0 Å². The molecule has 3 nitrogen and oxygen atoms in total. The summed E-state index contributed by atoms with van der Waals surface area (Å²) in [5, 5.41) is 4.77. The molecule has 2 aromatic rings. The van der Waals surface area contributed by atoms with Gasteiger partial charge >= 0.3 is 0 Å². The summed E-state index contributed by atoms with van der Waals surface area (Å²) in [5.74, 6) is 0. The van der Waals surface area contributed by atoms with Crippen LogP contribution in [0.15, 0.2) is 30.5 Å². The number of nitrogens with zero attached hydrogens (tertiary/aromatic N) is 1. The molecule has 0 bridgehead atoms. The van der Waals surface area contributed by atoms with Crippen molar-refractivity contribution < 1.29 is 0 Å². The van der Waals surface area contributed by atoms with Gasteiger partial charge in [-0.2, -0.15) is 0 Å². The molecule has 1 aromatic heterocycles. The fraction of sp³-hybridized carbons (Fsp3) is 0.467. The predicted octanol–water partition coefficient (Wildman–Crippen LogP) is 2.05. The smallest absolute Gasteiger partial charge is 0.0480 e. The minimum Gasteiger partial charge on any atom is -0.350 e. The highest BCUT2D eigenvalue weighted by atomic mass is 14.9. The van der Waals surface area contributed by atoms with E-state index in [2.05, 4.69) is 47.4 Å². The van der Waals surface area contributed by atoms with Crippen LogP contribution in [0.1, 0.15) is 19.4 Å². The Morgan fingerprint density at radius 2 is 2.00 bits per heavy atom. The molecule has 3 N–H and O–H groups in total. The van der Waals surface area contributed by atoms with Crippen molar-refractivity contribution in [1.82, 2.24) is 9.88 Å². The molecule has 3 heteroatoms. The maximum atomic E-state index is 5.94. The molecule has 0 amide bonds. The molecule has 18 heavy (non-hydrogen) atoms. The Morgan fingerprint density at radius 1 is 1.28 bits per heavy atom. The van der Waals surface area contributed by atoms with E-state index in [1.165, 1.54) is 16.5 Å². The van der Waals surface area contributed by atoms with E-state index < -0.39 is 0 Å². The number of nitrogens with two attached hydrogens (primary N) is 1. The van der Waals surface area contributed by atoms with Gasteiger partial charge in [0.05, 0.1) is 0 Å². The largest absolute Gasteiger partial charge is 0.350 e. The summed E-state index contributed by atoms with van der Waals surface area (Å²) in [6.45, 7) is 5.89. The molecular weight excluding hydrogens is 222 g/mol. The summed E-state index contributed by atoms with van der Waals surface area (Å²) in [4.78, 5) is 0. The Hall–Kier alpha value is -1.32. The zero-order valence-electron chi connectivity index (χ0n) is 11.5. The van der Waals surface area contributed by atoms with E-state index in [-0.39, 0.29) is 5.54 Å². The third kappa shape index (κ3) is 3.12. The summed E-state index contributed by atoms with van der Waals surface area (Å²) >= 11 is 0. The van der Waals surface area contributed by atoms with Gasteiger partial charge in [0.2, 0.25) is 0 Å². The average molecular weight is 245 g/mol. The van der Waals surface area contributed by atoms with Gasteiger partial charge in [-0.1, -0.05) is 18.2 Å². The monoisotopic (exact) mass is 245 g/mol. The van der Waals surface area contributed by atoms with Crippen LogP contribution in [0.25, 0.3) is 10.9 Å². The Labute approximate surface area is 109 Å². The van der Waals surface area contributed by atoms with Gasteiger partial charge in [-0.15, -0.1) is 0 Å². The third-order valence-corrected chi connectivity index (χ3v) is 3.13. The SMILES string of the molecule is Cn1cc(CCNCC(C)(C)N)c2ccccc21. The van der Waals surface area contributed by atoms with Gasteiger partial charge in [-0.25, -0.2) is 0 Å². The molecule has 0 fully saturated rings. The second kappa shape index (κ2) is 5.12. The van der Waals surface area contributed by atoms with Crippen molar-refractivity contribution in [3.8, 4) is 0 Å². The quantitative estimate of drug-likeness (QED) is 0.792. The maximum absolute atomic E-state index is 5.94. The van der Waals surface area contributed by atoms with Gasteiger partial charge in [-0.05, 0) is 38.4 Å². The van der Waals surface area contributed by atoms with E-state index in [1.54, 1.807) is 0 Å². The van der Waals surface area contributed by atoms with Crippen molar-refractivity contribution in [3.05, 3.63) is 36.0 Å². The third-order valence-electron chi connectivity index (χ3n) is 3.13. The molecule has 0 unspecified atom stereocenters. The van der Waals surface area contributed by atoms with Gasteiger partial charge in [0, 0.05) is 36.2 Å². The van der Waals surface area contributed by atoms with Crippen LogP contribution in [0.4, 0.5) is 0 Å². The van der Waals surface area contributed by atoms with Crippen LogP contribution in [-0.2, 0) is 13.5 Å². The minimum atomic E-state index is -0.140. The molecule has 0 saturated heterocycles. The molecule has 0 radical (unpaired) electrons. The zero-order chi connectivity index (χ0) is 13.2. The summed E-state index contributed by atoms with van der Waals surface area (Å²) in [6.07, 6.45) is 3.26. The van der Waals surface area contributed by atoms with E-state index in [4.69, 9.17) is 5.73 Å². The molecule has 0 aliphatic carbocycles. The minimum absolute atomic E-state index is 0.140. The second-order valence-electron chi connectivity index (χ2n) is 5.70. The number of hydrogen-bond acceptors (Lipinski definition) is 2. The Kier molecular flexibility index (Phi) is 3.73. The van der Waals surface area contributed by atoms with E-state index in [9.17, 15) is 0 Å². The van der Waals surface area contributed by atoms with E-state index >= 15 is 0 Å². The topological polar surface area (TPSA) is 43.0 Å². The van der Waals surface area contributed by atoms with Crippen LogP contribution in [0.5, 0.6) is 0 Å². The lowest BCUT2D eigenvalue weighted by molar-refractivity contribution is 0.469. The zero-order valence-corrected chi connectivity index (χ0v) is 11.5. The van der Waals surface area contributed by atoms with Crippen molar-refractivity contribution >= 4 is 10.9 Å². The van der Waals surface area contributed by atoms with Gasteiger partial charge in [0.15, 0.2) is 0 Å². The number of fused-ring (bicyclic) bond motifs is 1. The highest BCUT2D eigenvalue weighted by Crippen LogP contribution is 2.20. The molecule has 1 heterocycles. The molecule has 0 spiro atoms. The molecule has 1 aromatic carbocycles. The lowest BCUT2D eigenvalue weighted by Gasteiger charge is -2.18. The van der Waals surface area contributed by atoms with Crippen LogP contribution >= 0.6 is 0 Å². The normalized spacial score (nSPS) is 12.2. The molecular formula is C15H23N3. The molecule has 0 aliphatic rings. The van der Waals surface area contributed by atoms with Gasteiger partial charge in [-0.3, -0.25) is 0 Å². The first-order chi connectivity index (χ1) is 8.47. The molecule has 0 saturated carbocycles. The van der Waals surface area contributed by atoms with Crippen LogP contribution in [0.2, 0.25) is 0 Å². The first-order valence-corrected chi connectivity index (χ1v) is 6.50. The fourth-order valence-corrected chi connectivity index (χ4v) is 2.26. The lowest BCUT2D eigenvalue weighted by atomic mass is 10.1. The van der Waals surface area contributed by atoms with Crippen molar-refractivity contribution in [2.75, 3.05) is 13.1 Å². The Balaban J connectivity index is 2.00. The van der Waals surface area contributed by atoms with E-state index in [0.717, 1.165) is 19.5 Å². The first-order valence-electron chi connectivity index (χ1n) is 6.50.